The topological polar surface area (TPSA) is 54.9 Å². The number of halogens is 1. The number of hydrogen-bond donors (Lipinski definition) is 1. The van der Waals surface area contributed by atoms with E-state index in [1.165, 1.54) is 11.6 Å². The third-order valence-corrected chi connectivity index (χ3v) is 3.04. The Morgan fingerprint density at radius 3 is 2.35 bits per heavy atom. The van der Waals surface area contributed by atoms with Gasteiger partial charge in [-0.1, -0.05) is 15.9 Å². The van der Waals surface area contributed by atoms with Crippen LogP contribution in [0.1, 0.15) is 23.0 Å². The van der Waals surface area contributed by atoms with Gasteiger partial charge in [0.1, 0.15) is 5.56 Å². The molecule has 1 aromatic carbocycles. The highest BCUT2D eigenvalue weighted by Gasteiger charge is 2.15. The molecule has 0 aliphatic heterocycles. The maximum absolute atomic E-state index is 12.0. The van der Waals surface area contributed by atoms with Gasteiger partial charge in [-0.05, 0) is 38.1 Å². The number of ketones is 1. The molecule has 0 bridgehead atoms. The quantitative estimate of drug-likeness (QED) is 0.865. The van der Waals surface area contributed by atoms with E-state index in [-0.39, 0.29) is 16.9 Å². The number of H-pyrrole nitrogens is 1. The van der Waals surface area contributed by atoms with Crippen molar-refractivity contribution in [3.63, 3.8) is 0 Å². The van der Waals surface area contributed by atoms with Crippen molar-refractivity contribution in [2.24, 2.45) is 0 Å². The van der Waals surface area contributed by atoms with Gasteiger partial charge in [0.05, 0.1) is 5.69 Å². The largest absolute Gasteiger partial charge is 0.295 e. The highest BCUT2D eigenvalue weighted by atomic mass is 79.9. The van der Waals surface area contributed by atoms with Crippen LogP contribution in [-0.2, 0) is 0 Å². The highest BCUT2D eigenvalue weighted by Crippen LogP contribution is 2.13. The molecule has 0 fully saturated rings. The van der Waals surface area contributed by atoms with Gasteiger partial charge >= 0.3 is 0 Å². The molecule has 0 saturated carbocycles. The number of aromatic amines is 1. The Balaban J connectivity index is 2.62. The molecule has 0 saturated heterocycles. The number of carbonyl (C=O) groups excluding carboxylic acids is 1. The van der Waals surface area contributed by atoms with E-state index in [9.17, 15) is 9.59 Å². The summed E-state index contributed by atoms with van der Waals surface area (Å²) in [6.45, 7) is 3.11. The van der Waals surface area contributed by atoms with E-state index in [0.717, 1.165) is 4.47 Å². The average molecular weight is 295 g/mol. The Labute approximate surface area is 106 Å². The molecule has 5 heteroatoms. The van der Waals surface area contributed by atoms with Crippen molar-refractivity contribution in [1.29, 1.82) is 0 Å². The van der Waals surface area contributed by atoms with Crippen LogP contribution in [0.15, 0.2) is 33.5 Å². The number of Topliss-reactive ketones (excluding diaryl/α,β-unsaturated/α-hetero) is 1. The van der Waals surface area contributed by atoms with E-state index in [2.05, 4.69) is 21.0 Å². The van der Waals surface area contributed by atoms with Crippen LogP contribution >= 0.6 is 15.9 Å². The molecule has 0 unspecified atom stereocenters. The molecular weight excluding hydrogens is 284 g/mol. The van der Waals surface area contributed by atoms with Gasteiger partial charge in [0.15, 0.2) is 5.78 Å². The molecule has 4 nitrogen and oxygen atoms in total. The number of nitrogens with one attached hydrogen (secondary N) is 1. The summed E-state index contributed by atoms with van der Waals surface area (Å²) in [4.78, 5) is 23.4. The van der Waals surface area contributed by atoms with Crippen LogP contribution in [0.25, 0.3) is 5.69 Å². The van der Waals surface area contributed by atoms with E-state index >= 15 is 0 Å². The number of benzene rings is 1. The Hall–Kier alpha value is -1.62. The highest BCUT2D eigenvalue weighted by molar-refractivity contribution is 9.10. The molecule has 0 radical (unpaired) electrons. The normalized spacial score (nSPS) is 10.5. The fourth-order valence-corrected chi connectivity index (χ4v) is 2.00. The molecule has 88 valence electrons. The average Bonchev–Trinajstić information content (AvgIpc) is 2.55. The first kappa shape index (κ1) is 11.9. The lowest BCUT2D eigenvalue weighted by atomic mass is 10.2. The number of rotatable bonds is 2. The van der Waals surface area contributed by atoms with E-state index < -0.39 is 0 Å². The van der Waals surface area contributed by atoms with Crippen LogP contribution in [0.3, 0.4) is 0 Å². The zero-order valence-corrected chi connectivity index (χ0v) is 11.0. The van der Waals surface area contributed by atoms with Gasteiger partial charge in [-0.2, -0.15) is 0 Å². The lowest BCUT2D eigenvalue weighted by Gasteiger charge is -2.00. The molecule has 17 heavy (non-hydrogen) atoms. The van der Waals surface area contributed by atoms with Crippen molar-refractivity contribution in [3.05, 3.63) is 50.3 Å². The molecule has 1 heterocycles. The second kappa shape index (κ2) is 4.33. The van der Waals surface area contributed by atoms with Crippen LogP contribution in [0.5, 0.6) is 0 Å². The minimum atomic E-state index is -0.308. The van der Waals surface area contributed by atoms with Crippen molar-refractivity contribution in [3.8, 4) is 5.69 Å². The number of nitrogens with zero attached hydrogens (tertiary/aromatic N) is 1. The van der Waals surface area contributed by atoms with E-state index in [4.69, 9.17) is 0 Å². The predicted molar refractivity (Wildman–Crippen MR) is 68.8 cm³/mol. The zero-order chi connectivity index (χ0) is 12.6. The van der Waals surface area contributed by atoms with Gasteiger partial charge in [-0.15, -0.1) is 0 Å². The molecule has 0 amide bonds. The van der Waals surface area contributed by atoms with Crippen molar-refractivity contribution < 1.29 is 4.79 Å². The summed E-state index contributed by atoms with van der Waals surface area (Å²) in [5.74, 6) is -0.223. The monoisotopic (exact) mass is 294 g/mol. The molecule has 0 atom stereocenters. The SMILES string of the molecule is CC(=O)c1c(C)[nH]n(-c2ccc(Br)cc2)c1=O. The lowest BCUT2D eigenvalue weighted by Crippen LogP contribution is -2.19. The first-order valence-electron chi connectivity index (χ1n) is 5.09. The van der Waals surface area contributed by atoms with Gasteiger partial charge in [-0.25, -0.2) is 4.68 Å². The third-order valence-electron chi connectivity index (χ3n) is 2.51. The molecule has 1 aromatic heterocycles. The minimum absolute atomic E-state index is 0.216. The second-order valence-corrected chi connectivity index (χ2v) is 4.70. The third kappa shape index (κ3) is 2.10. The standard InChI is InChI=1S/C12H11BrN2O2/c1-7-11(8(2)16)12(17)15(14-7)10-5-3-9(13)4-6-10/h3-6,14H,1-2H3. The molecule has 2 rings (SSSR count). The van der Waals surface area contributed by atoms with Crippen molar-refractivity contribution in [1.82, 2.24) is 9.78 Å². The minimum Gasteiger partial charge on any atom is -0.295 e. The number of carbonyl (C=O) groups is 1. The molecule has 1 N–H and O–H groups in total. The molecule has 0 aliphatic carbocycles. The van der Waals surface area contributed by atoms with Crippen LogP contribution in [0, 0.1) is 6.92 Å². The summed E-state index contributed by atoms with van der Waals surface area (Å²) >= 11 is 3.33. The van der Waals surface area contributed by atoms with Gasteiger partial charge in [0, 0.05) is 10.2 Å². The fraction of sp³-hybridized carbons (Fsp3) is 0.167. The Kier molecular flexibility index (Phi) is 3.02. The van der Waals surface area contributed by atoms with Gasteiger partial charge in [0.2, 0.25) is 0 Å². The number of aromatic nitrogens is 2. The van der Waals surface area contributed by atoms with Crippen LogP contribution in [0.2, 0.25) is 0 Å². The van der Waals surface area contributed by atoms with Crippen molar-refractivity contribution in [2.75, 3.05) is 0 Å². The summed E-state index contributed by atoms with van der Waals surface area (Å²) in [6, 6.07) is 7.27. The van der Waals surface area contributed by atoms with Crippen molar-refractivity contribution >= 4 is 21.7 Å². The summed E-state index contributed by atoms with van der Waals surface area (Å²) in [5.41, 5.74) is 1.20. The predicted octanol–water partition coefficient (Wildman–Crippen LogP) is 2.44. The number of aryl methyl sites for hydroxylation is 1. The Morgan fingerprint density at radius 2 is 1.88 bits per heavy atom. The van der Waals surface area contributed by atoms with Gasteiger partial charge < -0.3 is 0 Å². The molecular formula is C12H11BrN2O2. The van der Waals surface area contributed by atoms with Gasteiger partial charge in [0.25, 0.3) is 5.56 Å². The van der Waals surface area contributed by atoms with E-state index in [1.807, 2.05) is 12.1 Å². The smallest absolute Gasteiger partial charge is 0.282 e. The van der Waals surface area contributed by atoms with Crippen molar-refractivity contribution in [2.45, 2.75) is 13.8 Å². The maximum atomic E-state index is 12.0. The fourth-order valence-electron chi connectivity index (χ4n) is 1.73. The maximum Gasteiger partial charge on any atom is 0.282 e. The van der Waals surface area contributed by atoms with Crippen LogP contribution in [0.4, 0.5) is 0 Å². The Morgan fingerprint density at radius 1 is 1.29 bits per heavy atom. The van der Waals surface area contributed by atoms with E-state index in [1.54, 1.807) is 19.1 Å². The summed E-state index contributed by atoms with van der Waals surface area (Å²) in [6.07, 6.45) is 0. The van der Waals surface area contributed by atoms with Crippen LogP contribution < -0.4 is 5.56 Å². The van der Waals surface area contributed by atoms with E-state index in [0.29, 0.717) is 11.4 Å². The van der Waals surface area contributed by atoms with Gasteiger partial charge in [-0.3, -0.25) is 14.7 Å². The zero-order valence-electron chi connectivity index (χ0n) is 9.45. The summed E-state index contributed by atoms with van der Waals surface area (Å²) in [5, 5.41) is 2.90. The number of hydrogen-bond acceptors (Lipinski definition) is 2. The second-order valence-electron chi connectivity index (χ2n) is 3.78. The van der Waals surface area contributed by atoms with Crippen LogP contribution in [-0.4, -0.2) is 15.6 Å². The molecule has 0 spiro atoms. The molecule has 0 aliphatic rings. The lowest BCUT2D eigenvalue weighted by molar-refractivity contribution is 0.101. The summed E-state index contributed by atoms with van der Waals surface area (Å²) < 4.78 is 2.31. The molecule has 2 aromatic rings. The first-order chi connectivity index (χ1) is 8.00. The Bertz CT molecular complexity index is 623. The first-order valence-corrected chi connectivity index (χ1v) is 5.88. The summed E-state index contributed by atoms with van der Waals surface area (Å²) in [7, 11) is 0.